The monoisotopic (exact) mass is 384 g/mol. The summed E-state index contributed by atoms with van der Waals surface area (Å²) >= 11 is 0. The minimum atomic E-state index is -3.55. The van der Waals surface area contributed by atoms with E-state index in [1.54, 1.807) is 23.1 Å². The van der Waals surface area contributed by atoms with Crippen LogP contribution in [-0.4, -0.2) is 37.8 Å². The first-order valence-electron chi connectivity index (χ1n) is 9.42. The Kier molecular flexibility index (Phi) is 4.56. The van der Waals surface area contributed by atoms with Crippen LogP contribution in [0.25, 0.3) is 0 Å². The van der Waals surface area contributed by atoms with Crippen LogP contribution in [0.5, 0.6) is 0 Å². The van der Waals surface area contributed by atoms with Crippen molar-refractivity contribution in [2.45, 2.75) is 44.0 Å². The summed E-state index contributed by atoms with van der Waals surface area (Å²) in [6.07, 6.45) is 2.59. The maximum atomic E-state index is 13.4. The van der Waals surface area contributed by atoms with Crippen LogP contribution in [0.1, 0.15) is 41.3 Å². The molecule has 2 heterocycles. The summed E-state index contributed by atoms with van der Waals surface area (Å²) in [5.41, 5.74) is 3.31. The Labute approximate surface area is 160 Å². The molecule has 2 aliphatic heterocycles. The summed E-state index contributed by atoms with van der Waals surface area (Å²) in [6, 6.07) is 12.9. The molecule has 2 aliphatic rings. The molecule has 0 bridgehead atoms. The molecule has 6 heteroatoms. The van der Waals surface area contributed by atoms with Gasteiger partial charge in [0, 0.05) is 30.4 Å². The largest absolute Gasteiger partial charge is 0.305 e. The van der Waals surface area contributed by atoms with E-state index < -0.39 is 10.0 Å². The van der Waals surface area contributed by atoms with Crippen molar-refractivity contribution in [1.29, 1.82) is 0 Å². The van der Waals surface area contributed by atoms with Gasteiger partial charge in [-0.2, -0.15) is 4.31 Å². The zero-order valence-electron chi connectivity index (χ0n) is 15.7. The minimum absolute atomic E-state index is 0.0492. The van der Waals surface area contributed by atoms with Gasteiger partial charge >= 0.3 is 0 Å². The van der Waals surface area contributed by atoms with Gasteiger partial charge in [-0.25, -0.2) is 8.42 Å². The average Bonchev–Trinajstić information content (AvgIpc) is 3.29. The summed E-state index contributed by atoms with van der Waals surface area (Å²) in [6.45, 7) is 4.98. The van der Waals surface area contributed by atoms with Crippen molar-refractivity contribution in [2.75, 3.05) is 18.0 Å². The van der Waals surface area contributed by atoms with Gasteiger partial charge in [0.25, 0.3) is 5.91 Å². The lowest BCUT2D eigenvalue weighted by Crippen LogP contribution is -2.36. The zero-order valence-corrected chi connectivity index (χ0v) is 16.5. The number of benzene rings is 2. The summed E-state index contributed by atoms with van der Waals surface area (Å²) in [5, 5.41) is 0. The van der Waals surface area contributed by atoms with Gasteiger partial charge in [-0.15, -0.1) is 0 Å². The SMILES string of the molecule is Cc1ccc(S(=O)(=O)N2CCCC2)cc1C(=O)N1c2ccccc2C[C@H]1C. The molecule has 1 atom stereocenters. The maximum Gasteiger partial charge on any atom is 0.258 e. The van der Waals surface area contributed by atoms with Crippen LogP contribution in [0.4, 0.5) is 5.69 Å². The molecule has 0 N–H and O–H groups in total. The summed E-state index contributed by atoms with van der Waals surface area (Å²) < 4.78 is 27.3. The fourth-order valence-corrected chi connectivity index (χ4v) is 5.62. The highest BCUT2D eigenvalue weighted by Gasteiger charge is 2.33. The van der Waals surface area contributed by atoms with E-state index in [-0.39, 0.29) is 16.8 Å². The third-order valence-electron chi connectivity index (χ3n) is 5.57. The van der Waals surface area contributed by atoms with Crippen LogP contribution in [0.2, 0.25) is 0 Å². The quantitative estimate of drug-likeness (QED) is 0.815. The van der Waals surface area contributed by atoms with E-state index >= 15 is 0 Å². The topological polar surface area (TPSA) is 57.7 Å². The third-order valence-corrected chi connectivity index (χ3v) is 7.46. The lowest BCUT2D eigenvalue weighted by Gasteiger charge is -2.24. The first-order chi connectivity index (χ1) is 12.9. The van der Waals surface area contributed by atoms with E-state index in [0.29, 0.717) is 18.7 Å². The first-order valence-corrected chi connectivity index (χ1v) is 10.9. The van der Waals surface area contributed by atoms with Crippen molar-refractivity contribution >= 4 is 21.6 Å². The van der Waals surface area contributed by atoms with Crippen LogP contribution >= 0.6 is 0 Å². The van der Waals surface area contributed by atoms with Crippen LogP contribution in [0.15, 0.2) is 47.4 Å². The summed E-state index contributed by atoms with van der Waals surface area (Å²) in [7, 11) is -3.55. The van der Waals surface area contributed by atoms with E-state index in [9.17, 15) is 13.2 Å². The Morgan fingerprint density at radius 1 is 1.07 bits per heavy atom. The second-order valence-electron chi connectivity index (χ2n) is 7.44. The van der Waals surface area contributed by atoms with Crippen molar-refractivity contribution in [2.24, 2.45) is 0 Å². The molecule has 1 fully saturated rings. The van der Waals surface area contributed by atoms with Crippen molar-refractivity contribution in [1.82, 2.24) is 4.31 Å². The number of hydrogen-bond donors (Lipinski definition) is 0. The second-order valence-corrected chi connectivity index (χ2v) is 9.38. The number of carbonyl (C=O) groups excluding carboxylic acids is 1. The molecule has 0 radical (unpaired) electrons. The Balaban J connectivity index is 1.73. The molecule has 142 valence electrons. The molecule has 5 nitrogen and oxygen atoms in total. The summed E-state index contributed by atoms with van der Waals surface area (Å²) in [5.74, 6) is -0.136. The lowest BCUT2D eigenvalue weighted by atomic mass is 10.1. The molecule has 1 saturated heterocycles. The van der Waals surface area contributed by atoms with Crippen LogP contribution in [0.3, 0.4) is 0 Å². The van der Waals surface area contributed by atoms with Gasteiger partial charge in [-0.1, -0.05) is 24.3 Å². The smallest absolute Gasteiger partial charge is 0.258 e. The number of aryl methyl sites for hydroxylation is 1. The maximum absolute atomic E-state index is 13.4. The highest BCUT2D eigenvalue weighted by Crippen LogP contribution is 2.34. The fraction of sp³-hybridized carbons (Fsp3) is 0.381. The van der Waals surface area contributed by atoms with Crippen molar-refractivity contribution in [3.05, 3.63) is 59.2 Å². The lowest BCUT2D eigenvalue weighted by molar-refractivity contribution is 0.0980. The van der Waals surface area contributed by atoms with E-state index in [2.05, 4.69) is 0 Å². The highest BCUT2D eigenvalue weighted by molar-refractivity contribution is 7.89. The first kappa shape index (κ1) is 18.2. The Morgan fingerprint density at radius 2 is 1.78 bits per heavy atom. The average molecular weight is 385 g/mol. The van der Waals surface area contributed by atoms with Gasteiger partial charge in [0.1, 0.15) is 0 Å². The van der Waals surface area contributed by atoms with Gasteiger partial charge in [0.2, 0.25) is 10.0 Å². The second kappa shape index (κ2) is 6.77. The molecule has 4 rings (SSSR count). The molecule has 0 aromatic heterocycles. The fourth-order valence-electron chi connectivity index (χ4n) is 4.07. The molecule has 27 heavy (non-hydrogen) atoms. The molecule has 2 aromatic carbocycles. The van der Waals surface area contributed by atoms with E-state index in [1.165, 1.54) is 4.31 Å². The molecule has 2 aromatic rings. The Bertz CT molecular complexity index is 994. The Hall–Kier alpha value is -2.18. The predicted octanol–water partition coefficient (Wildman–Crippen LogP) is 3.37. The minimum Gasteiger partial charge on any atom is -0.305 e. The molecular weight excluding hydrogens is 360 g/mol. The molecule has 0 aliphatic carbocycles. The molecular formula is C21H24N2O3S. The standard InChI is InChI=1S/C21H24N2O3S/c1-15-9-10-18(27(25,26)22-11-5-6-12-22)14-19(15)21(24)23-16(2)13-17-7-3-4-8-20(17)23/h3-4,7-10,14,16H,5-6,11-13H2,1-2H3/t16-/m1/s1. The number of para-hydroxylation sites is 1. The van der Waals surface area contributed by atoms with Crippen LogP contribution in [0, 0.1) is 6.92 Å². The normalized spacial score (nSPS) is 20.1. The van der Waals surface area contributed by atoms with E-state index in [0.717, 1.165) is 36.1 Å². The number of fused-ring (bicyclic) bond motifs is 1. The number of sulfonamides is 1. The molecule has 1 amide bonds. The molecule has 0 unspecified atom stereocenters. The van der Waals surface area contributed by atoms with Gasteiger partial charge in [0.05, 0.1) is 4.90 Å². The van der Waals surface area contributed by atoms with Gasteiger partial charge in [-0.3, -0.25) is 4.79 Å². The predicted molar refractivity (Wildman–Crippen MR) is 106 cm³/mol. The van der Waals surface area contributed by atoms with Gasteiger partial charge in [-0.05, 0) is 62.4 Å². The number of nitrogens with zero attached hydrogens (tertiary/aromatic N) is 2. The van der Waals surface area contributed by atoms with Crippen molar-refractivity contribution in [3.8, 4) is 0 Å². The van der Waals surface area contributed by atoms with Gasteiger partial charge in [0.15, 0.2) is 0 Å². The van der Waals surface area contributed by atoms with Crippen molar-refractivity contribution < 1.29 is 13.2 Å². The van der Waals surface area contributed by atoms with E-state index in [1.807, 2.05) is 38.1 Å². The molecule has 0 saturated carbocycles. The van der Waals surface area contributed by atoms with Gasteiger partial charge < -0.3 is 4.90 Å². The third kappa shape index (κ3) is 3.07. The number of rotatable bonds is 3. The number of amides is 1. The van der Waals surface area contributed by atoms with Crippen LogP contribution in [-0.2, 0) is 16.4 Å². The van der Waals surface area contributed by atoms with Crippen molar-refractivity contribution in [3.63, 3.8) is 0 Å². The van der Waals surface area contributed by atoms with E-state index in [4.69, 9.17) is 0 Å². The zero-order chi connectivity index (χ0) is 19.2. The molecule has 0 spiro atoms. The Morgan fingerprint density at radius 3 is 2.52 bits per heavy atom. The number of anilines is 1. The summed E-state index contributed by atoms with van der Waals surface area (Å²) in [4.78, 5) is 15.4. The van der Waals surface area contributed by atoms with Crippen LogP contribution < -0.4 is 4.90 Å². The number of carbonyl (C=O) groups is 1. The number of hydrogen-bond acceptors (Lipinski definition) is 3. The highest BCUT2D eigenvalue weighted by atomic mass is 32.2.